The molecule has 0 aliphatic rings. The average molecular weight is 264 g/mol. The molecule has 1 aromatic heterocycles. The Morgan fingerprint density at radius 2 is 2.06 bits per heavy atom. The van der Waals surface area contributed by atoms with Gasteiger partial charge in [0.1, 0.15) is 10.9 Å². The Kier molecular flexibility index (Phi) is 3.48. The summed E-state index contributed by atoms with van der Waals surface area (Å²) >= 11 is 5.75. The molecular weight excluding hydrogens is 254 g/mol. The normalized spacial score (nSPS) is 10.1. The molecule has 1 N–H and O–H groups in total. The fourth-order valence-electron chi connectivity index (χ4n) is 1.43. The van der Waals surface area contributed by atoms with E-state index >= 15 is 0 Å². The lowest BCUT2D eigenvalue weighted by atomic mass is 10.2. The second-order valence-electron chi connectivity index (χ2n) is 3.69. The average Bonchev–Trinajstić information content (AvgIpc) is 2.31. The Bertz CT molecular complexity index is 599. The van der Waals surface area contributed by atoms with Crippen molar-refractivity contribution in [2.75, 3.05) is 0 Å². The first kappa shape index (κ1) is 12.4. The van der Waals surface area contributed by atoms with E-state index in [4.69, 9.17) is 21.4 Å². The van der Waals surface area contributed by atoms with Gasteiger partial charge in [0.2, 0.25) is 5.88 Å². The van der Waals surface area contributed by atoms with E-state index in [1.807, 2.05) is 25.1 Å². The number of aryl methyl sites for hydroxylation is 1. The fraction of sp³-hybridized carbons (Fsp3) is 0.0769. The summed E-state index contributed by atoms with van der Waals surface area (Å²) in [5.74, 6) is -0.299. The molecule has 0 amide bonds. The molecule has 0 aliphatic carbocycles. The molecule has 0 fully saturated rings. The zero-order valence-electron chi connectivity index (χ0n) is 9.55. The topological polar surface area (TPSA) is 59.4 Å². The molecule has 0 unspecified atom stereocenters. The molecule has 92 valence electrons. The maximum Gasteiger partial charge on any atom is 0.335 e. The van der Waals surface area contributed by atoms with E-state index < -0.39 is 5.97 Å². The second-order valence-corrected chi connectivity index (χ2v) is 4.08. The van der Waals surface area contributed by atoms with Gasteiger partial charge in [0.15, 0.2) is 0 Å². The van der Waals surface area contributed by atoms with Crippen molar-refractivity contribution in [1.82, 2.24) is 4.98 Å². The molecule has 0 atom stereocenters. The van der Waals surface area contributed by atoms with Gasteiger partial charge in [0.25, 0.3) is 0 Å². The first-order chi connectivity index (χ1) is 8.56. The third-order valence-corrected chi connectivity index (χ3v) is 2.52. The van der Waals surface area contributed by atoms with E-state index in [0.717, 1.165) is 5.56 Å². The van der Waals surface area contributed by atoms with Gasteiger partial charge in [-0.2, -0.15) is 0 Å². The number of benzene rings is 1. The van der Waals surface area contributed by atoms with E-state index in [9.17, 15) is 4.79 Å². The Labute approximate surface area is 109 Å². The smallest absolute Gasteiger partial charge is 0.335 e. The van der Waals surface area contributed by atoms with Crippen molar-refractivity contribution < 1.29 is 14.6 Å². The van der Waals surface area contributed by atoms with E-state index in [0.29, 0.717) is 5.75 Å². The van der Waals surface area contributed by atoms with Gasteiger partial charge < -0.3 is 9.84 Å². The van der Waals surface area contributed by atoms with E-state index in [1.54, 1.807) is 6.07 Å². The molecule has 0 saturated carbocycles. The lowest BCUT2D eigenvalue weighted by Gasteiger charge is -2.08. The van der Waals surface area contributed by atoms with E-state index in [1.165, 1.54) is 12.1 Å². The van der Waals surface area contributed by atoms with Crippen LogP contribution in [0.3, 0.4) is 0 Å². The number of carboxylic acid groups (broad SMARTS) is 1. The van der Waals surface area contributed by atoms with Crippen LogP contribution < -0.4 is 4.74 Å². The number of halogens is 1. The second kappa shape index (κ2) is 5.06. The van der Waals surface area contributed by atoms with Crippen molar-refractivity contribution >= 4 is 17.6 Å². The van der Waals surface area contributed by atoms with Crippen LogP contribution in [0.2, 0.25) is 5.15 Å². The van der Waals surface area contributed by atoms with Gasteiger partial charge in [-0.15, -0.1) is 0 Å². The van der Waals surface area contributed by atoms with Crippen LogP contribution in [0.1, 0.15) is 15.9 Å². The third-order valence-electron chi connectivity index (χ3n) is 2.33. The highest BCUT2D eigenvalue weighted by Crippen LogP contribution is 2.25. The van der Waals surface area contributed by atoms with Crippen molar-refractivity contribution in [3.05, 3.63) is 52.7 Å². The van der Waals surface area contributed by atoms with Gasteiger partial charge in [-0.1, -0.05) is 29.8 Å². The fourth-order valence-corrected chi connectivity index (χ4v) is 1.63. The summed E-state index contributed by atoms with van der Waals surface area (Å²) in [5, 5.41) is 8.99. The predicted octanol–water partition coefficient (Wildman–Crippen LogP) is 3.53. The van der Waals surface area contributed by atoms with E-state index in [-0.39, 0.29) is 16.6 Å². The number of carboxylic acids is 1. The molecule has 18 heavy (non-hydrogen) atoms. The number of para-hydroxylation sites is 1. The molecule has 0 bridgehead atoms. The number of pyridine rings is 1. The van der Waals surface area contributed by atoms with Crippen LogP contribution in [-0.2, 0) is 0 Å². The van der Waals surface area contributed by atoms with Crippen LogP contribution in [-0.4, -0.2) is 16.1 Å². The molecule has 2 rings (SSSR count). The minimum atomic E-state index is -1.08. The monoisotopic (exact) mass is 263 g/mol. The van der Waals surface area contributed by atoms with Crippen molar-refractivity contribution in [3.8, 4) is 11.6 Å². The molecule has 0 radical (unpaired) electrons. The summed E-state index contributed by atoms with van der Waals surface area (Å²) in [5.41, 5.74) is 0.967. The molecule has 0 saturated heterocycles. The standard InChI is InChI=1S/C13H10ClNO3/c1-8-4-2-3-5-10(8)18-12-7-9(13(16)17)6-11(14)15-12/h2-7H,1H3,(H,16,17). The summed E-state index contributed by atoms with van der Waals surface area (Å²) in [7, 11) is 0. The number of ether oxygens (including phenoxy) is 1. The van der Waals surface area contributed by atoms with Crippen molar-refractivity contribution in [2.45, 2.75) is 6.92 Å². The summed E-state index contributed by atoms with van der Waals surface area (Å²) in [6.45, 7) is 1.89. The Hall–Kier alpha value is -2.07. The summed E-state index contributed by atoms with van der Waals surface area (Å²) < 4.78 is 5.52. The van der Waals surface area contributed by atoms with Crippen LogP contribution in [0.5, 0.6) is 11.6 Å². The van der Waals surface area contributed by atoms with Crippen LogP contribution in [0, 0.1) is 6.92 Å². The largest absolute Gasteiger partial charge is 0.478 e. The molecule has 0 aliphatic heterocycles. The number of aromatic nitrogens is 1. The van der Waals surface area contributed by atoms with Crippen LogP contribution >= 0.6 is 11.6 Å². The highest BCUT2D eigenvalue weighted by molar-refractivity contribution is 6.29. The Morgan fingerprint density at radius 1 is 1.33 bits per heavy atom. The Morgan fingerprint density at radius 3 is 2.72 bits per heavy atom. The van der Waals surface area contributed by atoms with Gasteiger partial charge in [0, 0.05) is 6.07 Å². The first-order valence-corrected chi connectivity index (χ1v) is 5.58. The maximum absolute atomic E-state index is 10.9. The van der Waals surface area contributed by atoms with Crippen molar-refractivity contribution in [3.63, 3.8) is 0 Å². The number of hydrogen-bond donors (Lipinski definition) is 1. The lowest BCUT2D eigenvalue weighted by Crippen LogP contribution is -1.99. The maximum atomic E-state index is 10.9. The van der Waals surface area contributed by atoms with Crippen LogP contribution in [0.25, 0.3) is 0 Å². The number of rotatable bonds is 3. The van der Waals surface area contributed by atoms with Gasteiger partial charge in [0.05, 0.1) is 5.56 Å². The van der Waals surface area contributed by atoms with Gasteiger partial charge in [-0.25, -0.2) is 9.78 Å². The molecular formula is C13H10ClNO3. The first-order valence-electron chi connectivity index (χ1n) is 5.20. The zero-order valence-corrected chi connectivity index (χ0v) is 10.3. The molecule has 2 aromatic rings. The number of nitrogens with zero attached hydrogens (tertiary/aromatic N) is 1. The van der Waals surface area contributed by atoms with E-state index in [2.05, 4.69) is 4.98 Å². The van der Waals surface area contributed by atoms with Gasteiger partial charge >= 0.3 is 5.97 Å². The molecule has 1 heterocycles. The summed E-state index contributed by atoms with van der Waals surface area (Å²) in [4.78, 5) is 14.8. The van der Waals surface area contributed by atoms with Crippen LogP contribution in [0.15, 0.2) is 36.4 Å². The number of aromatic carboxylic acids is 1. The SMILES string of the molecule is Cc1ccccc1Oc1cc(C(=O)O)cc(Cl)n1. The van der Waals surface area contributed by atoms with Gasteiger partial charge in [-0.3, -0.25) is 0 Å². The highest BCUT2D eigenvalue weighted by Gasteiger charge is 2.09. The molecule has 1 aromatic carbocycles. The number of carbonyl (C=O) groups is 1. The minimum Gasteiger partial charge on any atom is -0.478 e. The summed E-state index contributed by atoms with van der Waals surface area (Å²) in [6, 6.07) is 9.98. The Balaban J connectivity index is 2.35. The molecule has 4 nitrogen and oxygen atoms in total. The number of hydrogen-bond acceptors (Lipinski definition) is 3. The highest BCUT2D eigenvalue weighted by atomic mass is 35.5. The predicted molar refractivity (Wildman–Crippen MR) is 67.5 cm³/mol. The molecule has 0 spiro atoms. The van der Waals surface area contributed by atoms with Crippen molar-refractivity contribution in [1.29, 1.82) is 0 Å². The third kappa shape index (κ3) is 2.78. The molecule has 5 heteroatoms. The van der Waals surface area contributed by atoms with Crippen LogP contribution in [0.4, 0.5) is 0 Å². The lowest BCUT2D eigenvalue weighted by molar-refractivity contribution is 0.0696. The quantitative estimate of drug-likeness (QED) is 0.861. The van der Waals surface area contributed by atoms with Gasteiger partial charge in [-0.05, 0) is 24.6 Å². The zero-order chi connectivity index (χ0) is 13.1. The minimum absolute atomic E-state index is 0.0404. The summed E-state index contributed by atoms with van der Waals surface area (Å²) in [6.07, 6.45) is 0. The van der Waals surface area contributed by atoms with Crippen molar-refractivity contribution in [2.24, 2.45) is 0 Å².